The number of halogens is 1. The molecule has 116 valence electrons. The van der Waals surface area contributed by atoms with Gasteiger partial charge in [-0.2, -0.15) is 0 Å². The molecule has 0 saturated heterocycles. The summed E-state index contributed by atoms with van der Waals surface area (Å²) >= 11 is 6.34. The molecule has 0 N–H and O–H groups in total. The third-order valence-corrected chi connectivity index (χ3v) is 4.16. The zero-order valence-electron chi connectivity index (χ0n) is 13.6. The summed E-state index contributed by atoms with van der Waals surface area (Å²) in [7, 11) is 0. The Balaban J connectivity index is 2.29. The van der Waals surface area contributed by atoms with Crippen molar-refractivity contribution < 1.29 is 0 Å². The molecule has 0 aliphatic rings. The van der Waals surface area contributed by atoms with E-state index >= 15 is 0 Å². The van der Waals surface area contributed by atoms with Gasteiger partial charge in [0.15, 0.2) is 5.65 Å². The van der Waals surface area contributed by atoms with E-state index in [1.165, 1.54) is 25.7 Å². The van der Waals surface area contributed by atoms with Crippen molar-refractivity contribution in [2.75, 3.05) is 0 Å². The van der Waals surface area contributed by atoms with Gasteiger partial charge in [-0.15, -0.1) is 11.6 Å². The van der Waals surface area contributed by atoms with Crippen LogP contribution in [0.5, 0.6) is 0 Å². The first-order chi connectivity index (χ1) is 10.0. The molecule has 0 aromatic carbocycles. The fourth-order valence-corrected chi connectivity index (χ4v) is 2.96. The second kappa shape index (κ2) is 7.26. The van der Waals surface area contributed by atoms with Crippen LogP contribution in [-0.4, -0.2) is 14.5 Å². The quantitative estimate of drug-likeness (QED) is 0.494. The molecule has 2 rings (SSSR count). The van der Waals surface area contributed by atoms with Gasteiger partial charge in [0, 0.05) is 12.2 Å². The largest absolute Gasteiger partial charge is 0.309 e. The Morgan fingerprint density at radius 3 is 2.67 bits per heavy atom. The number of rotatable bonds is 7. The lowest BCUT2D eigenvalue weighted by atomic mass is 10.1. The second-order valence-corrected chi connectivity index (χ2v) is 6.66. The molecule has 0 bridgehead atoms. The van der Waals surface area contributed by atoms with Crippen molar-refractivity contribution in [1.82, 2.24) is 14.5 Å². The van der Waals surface area contributed by atoms with Crippen molar-refractivity contribution in [3.63, 3.8) is 0 Å². The SMILES string of the molecule is CCCCCCC(C)n1c(C(C)Cl)nc2cc(C)cnc21. The fraction of sp³-hybridized carbons (Fsp3) is 0.647. The van der Waals surface area contributed by atoms with Crippen LogP contribution in [-0.2, 0) is 0 Å². The van der Waals surface area contributed by atoms with Crippen LogP contribution in [0.1, 0.15) is 75.7 Å². The van der Waals surface area contributed by atoms with Gasteiger partial charge in [0.05, 0.1) is 5.38 Å². The maximum absolute atomic E-state index is 6.34. The number of imidazole rings is 1. The minimum Gasteiger partial charge on any atom is -0.309 e. The lowest BCUT2D eigenvalue weighted by Gasteiger charge is -2.18. The number of fused-ring (bicyclic) bond motifs is 1. The molecule has 21 heavy (non-hydrogen) atoms. The van der Waals surface area contributed by atoms with E-state index in [1.807, 2.05) is 20.0 Å². The molecule has 0 saturated carbocycles. The molecule has 2 heterocycles. The van der Waals surface area contributed by atoms with Gasteiger partial charge < -0.3 is 4.57 Å². The van der Waals surface area contributed by atoms with Crippen LogP contribution < -0.4 is 0 Å². The van der Waals surface area contributed by atoms with Crippen LogP contribution in [0.2, 0.25) is 0 Å². The van der Waals surface area contributed by atoms with Crippen LogP contribution in [0, 0.1) is 6.92 Å². The Labute approximate surface area is 132 Å². The normalized spacial score (nSPS) is 14.5. The van der Waals surface area contributed by atoms with Gasteiger partial charge in [0.1, 0.15) is 11.3 Å². The molecule has 0 aliphatic carbocycles. The standard InChI is InChI=1S/C17H26ClN3/c1-5-6-7-8-9-13(3)21-16(14(4)18)20-15-10-12(2)11-19-17(15)21/h10-11,13-14H,5-9H2,1-4H3. The molecular formula is C17H26ClN3. The summed E-state index contributed by atoms with van der Waals surface area (Å²) in [6, 6.07) is 2.48. The molecule has 0 radical (unpaired) electrons. The van der Waals surface area contributed by atoms with Gasteiger partial charge >= 0.3 is 0 Å². The molecule has 2 atom stereocenters. The molecular weight excluding hydrogens is 282 g/mol. The highest BCUT2D eigenvalue weighted by molar-refractivity contribution is 6.20. The zero-order chi connectivity index (χ0) is 15.4. The van der Waals surface area contributed by atoms with Crippen molar-refractivity contribution >= 4 is 22.8 Å². The number of alkyl halides is 1. The van der Waals surface area contributed by atoms with Crippen LogP contribution >= 0.6 is 11.6 Å². The molecule has 2 unspecified atom stereocenters. The molecule has 0 aliphatic heterocycles. The van der Waals surface area contributed by atoms with Gasteiger partial charge in [-0.25, -0.2) is 9.97 Å². The lowest BCUT2D eigenvalue weighted by Crippen LogP contribution is -2.10. The Hall–Kier alpha value is -1.09. The van der Waals surface area contributed by atoms with Crippen LogP contribution in [0.25, 0.3) is 11.2 Å². The minimum absolute atomic E-state index is 0.0994. The highest BCUT2D eigenvalue weighted by Gasteiger charge is 2.19. The minimum atomic E-state index is -0.0994. The summed E-state index contributed by atoms with van der Waals surface area (Å²) < 4.78 is 2.23. The summed E-state index contributed by atoms with van der Waals surface area (Å²) in [4.78, 5) is 9.30. The predicted molar refractivity (Wildman–Crippen MR) is 90.0 cm³/mol. The number of aryl methyl sites for hydroxylation is 1. The van der Waals surface area contributed by atoms with Crippen molar-refractivity contribution in [2.24, 2.45) is 0 Å². The van der Waals surface area contributed by atoms with Crippen molar-refractivity contribution in [1.29, 1.82) is 0 Å². The third-order valence-electron chi connectivity index (χ3n) is 3.97. The van der Waals surface area contributed by atoms with Gasteiger partial charge in [0.25, 0.3) is 0 Å². The number of hydrogen-bond acceptors (Lipinski definition) is 2. The number of aromatic nitrogens is 3. The Morgan fingerprint density at radius 2 is 2.00 bits per heavy atom. The molecule has 2 aromatic rings. The van der Waals surface area contributed by atoms with Gasteiger partial charge in [-0.05, 0) is 38.8 Å². The van der Waals surface area contributed by atoms with E-state index in [2.05, 4.69) is 29.5 Å². The average Bonchev–Trinajstić information content (AvgIpc) is 2.82. The Bertz CT molecular complexity index is 589. The van der Waals surface area contributed by atoms with E-state index in [-0.39, 0.29) is 5.38 Å². The van der Waals surface area contributed by atoms with Gasteiger partial charge in [-0.1, -0.05) is 32.6 Å². The van der Waals surface area contributed by atoms with E-state index in [0.717, 1.165) is 29.0 Å². The highest BCUT2D eigenvalue weighted by Crippen LogP contribution is 2.29. The third kappa shape index (κ3) is 3.76. The van der Waals surface area contributed by atoms with Gasteiger partial charge in [0.2, 0.25) is 0 Å². The summed E-state index contributed by atoms with van der Waals surface area (Å²) in [5.41, 5.74) is 3.06. The Kier molecular flexibility index (Phi) is 5.63. The van der Waals surface area contributed by atoms with Gasteiger partial charge in [-0.3, -0.25) is 0 Å². The number of nitrogens with zero attached hydrogens (tertiary/aromatic N) is 3. The number of pyridine rings is 1. The Morgan fingerprint density at radius 1 is 1.24 bits per heavy atom. The number of hydrogen-bond donors (Lipinski definition) is 0. The van der Waals surface area contributed by atoms with E-state index < -0.39 is 0 Å². The molecule has 0 spiro atoms. The lowest BCUT2D eigenvalue weighted by molar-refractivity contribution is 0.466. The van der Waals surface area contributed by atoms with Crippen molar-refractivity contribution in [2.45, 2.75) is 71.2 Å². The summed E-state index contributed by atoms with van der Waals surface area (Å²) in [6.45, 7) is 8.52. The van der Waals surface area contributed by atoms with E-state index in [4.69, 9.17) is 16.6 Å². The molecule has 0 fully saturated rings. The highest BCUT2D eigenvalue weighted by atomic mass is 35.5. The molecule has 4 heteroatoms. The topological polar surface area (TPSA) is 30.7 Å². The van der Waals surface area contributed by atoms with E-state index in [0.29, 0.717) is 6.04 Å². The second-order valence-electron chi connectivity index (χ2n) is 6.01. The summed E-state index contributed by atoms with van der Waals surface area (Å²) in [5, 5.41) is -0.0994. The van der Waals surface area contributed by atoms with Crippen molar-refractivity contribution in [3.05, 3.63) is 23.7 Å². The number of unbranched alkanes of at least 4 members (excludes halogenated alkanes) is 3. The molecule has 3 nitrogen and oxygen atoms in total. The summed E-state index contributed by atoms with van der Waals surface area (Å²) in [6.07, 6.45) is 8.19. The molecule has 2 aromatic heterocycles. The average molecular weight is 308 g/mol. The van der Waals surface area contributed by atoms with E-state index in [9.17, 15) is 0 Å². The maximum Gasteiger partial charge on any atom is 0.160 e. The van der Waals surface area contributed by atoms with Crippen LogP contribution in [0.3, 0.4) is 0 Å². The predicted octanol–water partition coefficient (Wildman–Crippen LogP) is 5.57. The monoisotopic (exact) mass is 307 g/mol. The maximum atomic E-state index is 6.34. The van der Waals surface area contributed by atoms with Crippen LogP contribution in [0.15, 0.2) is 12.3 Å². The first kappa shape index (κ1) is 16.3. The first-order valence-electron chi connectivity index (χ1n) is 8.03. The van der Waals surface area contributed by atoms with Crippen molar-refractivity contribution in [3.8, 4) is 0 Å². The smallest absolute Gasteiger partial charge is 0.160 e. The fourth-order valence-electron chi connectivity index (χ4n) is 2.81. The van der Waals surface area contributed by atoms with E-state index in [1.54, 1.807) is 0 Å². The zero-order valence-corrected chi connectivity index (χ0v) is 14.3. The van der Waals surface area contributed by atoms with Crippen LogP contribution in [0.4, 0.5) is 0 Å². The molecule has 0 amide bonds. The first-order valence-corrected chi connectivity index (χ1v) is 8.46. The summed E-state index contributed by atoms with van der Waals surface area (Å²) in [5.74, 6) is 0.938.